The van der Waals surface area contributed by atoms with E-state index in [1.54, 1.807) is 45.1 Å². The van der Waals surface area contributed by atoms with Gasteiger partial charge in [-0.1, -0.05) is 20.8 Å². The minimum absolute atomic E-state index is 0.182. The van der Waals surface area contributed by atoms with Crippen molar-refractivity contribution in [3.8, 4) is 5.75 Å². The van der Waals surface area contributed by atoms with Crippen molar-refractivity contribution >= 4 is 40.0 Å². The van der Waals surface area contributed by atoms with Crippen LogP contribution in [0.3, 0.4) is 0 Å². The second kappa shape index (κ2) is 18.9. The molecule has 1 amide bonds. The molecule has 0 aliphatic rings. The Bertz CT molecular complexity index is 1130. The zero-order valence-electron chi connectivity index (χ0n) is 32.4. The summed E-state index contributed by atoms with van der Waals surface area (Å²) in [5.41, 5.74) is -4.69. The molecule has 0 aromatic heterocycles. The Labute approximate surface area is 296 Å². The zero-order chi connectivity index (χ0) is 37.0. The fraction of sp³-hybridized carbons (Fsp3) is 0.769. The molecule has 0 saturated carbocycles. The minimum atomic E-state index is -2.55. The molecule has 1 rings (SSSR count). The van der Waals surface area contributed by atoms with Crippen LogP contribution in [0.2, 0.25) is 13.3 Å². The number of carboxylic acids is 2. The van der Waals surface area contributed by atoms with Crippen LogP contribution >= 0.6 is 0 Å². The normalized spacial score (nSPS) is 15.2. The Morgan fingerprint density at radius 3 is 1.60 bits per heavy atom. The molecule has 0 radical (unpaired) electrons. The molecule has 0 fully saturated rings. The molecule has 0 bridgehead atoms. The number of amides is 1. The van der Waals surface area contributed by atoms with E-state index in [1.165, 1.54) is 51.8 Å². The van der Waals surface area contributed by atoms with Gasteiger partial charge in [-0.05, 0) is 20.8 Å². The second-order valence-electron chi connectivity index (χ2n) is 16.9. The van der Waals surface area contributed by atoms with E-state index in [1.807, 2.05) is 20.8 Å². The molecule has 3 atom stereocenters. The van der Waals surface area contributed by atoms with Gasteiger partial charge < -0.3 is 9.84 Å². The van der Waals surface area contributed by atoms with Gasteiger partial charge in [-0.25, -0.2) is 9.59 Å². The first-order valence-electron chi connectivity index (χ1n) is 18.3. The van der Waals surface area contributed by atoms with Gasteiger partial charge in [0.15, 0.2) is 0 Å². The molecule has 48 heavy (non-hydrogen) atoms. The summed E-state index contributed by atoms with van der Waals surface area (Å²) in [6, 6.07) is 8.76. The molecule has 0 saturated heterocycles. The second-order valence-corrected chi connectivity index (χ2v) is 30.1. The van der Waals surface area contributed by atoms with Crippen molar-refractivity contribution in [3.05, 3.63) is 24.3 Å². The summed E-state index contributed by atoms with van der Waals surface area (Å²) in [6.07, 6.45) is 7.28. The summed E-state index contributed by atoms with van der Waals surface area (Å²) in [6.45, 7) is 22.9. The van der Waals surface area contributed by atoms with Crippen LogP contribution in [0.15, 0.2) is 24.3 Å². The third kappa shape index (κ3) is 12.4. The van der Waals surface area contributed by atoms with Crippen molar-refractivity contribution in [2.45, 2.75) is 159 Å². The monoisotopic (exact) mass is 783 g/mol. The summed E-state index contributed by atoms with van der Waals surface area (Å²) in [5.74, 6) is -3.69. The maximum atomic E-state index is 13.3. The molecule has 0 aliphatic carbocycles. The molecule has 3 N–H and O–H groups in total. The van der Waals surface area contributed by atoms with E-state index in [4.69, 9.17) is 9.47 Å². The molecule has 0 spiro atoms. The van der Waals surface area contributed by atoms with Crippen LogP contribution < -0.4 is 13.6 Å². The van der Waals surface area contributed by atoms with Crippen molar-refractivity contribution in [2.75, 3.05) is 6.61 Å². The number of carboxylic acid groups (broad SMARTS) is 2. The first-order valence-corrected chi connectivity index (χ1v) is 25.8. The summed E-state index contributed by atoms with van der Waals surface area (Å²) >= 11 is -2.55. The average molecular weight is 783 g/mol. The molecule has 1 aromatic rings. The van der Waals surface area contributed by atoms with Crippen molar-refractivity contribution < 1.29 is 34.1 Å². The number of aliphatic carboxylic acids is 2. The van der Waals surface area contributed by atoms with Crippen LogP contribution in [-0.2, 0) is 14.3 Å². The summed E-state index contributed by atoms with van der Waals surface area (Å²) < 4.78 is 17.4. The number of ether oxygens (including phenoxy) is 2. The van der Waals surface area contributed by atoms with Crippen LogP contribution in [0.4, 0.5) is 4.79 Å². The molecular formula is C39H69NO7Sn. The van der Waals surface area contributed by atoms with Crippen molar-refractivity contribution in [1.82, 2.24) is 5.32 Å². The van der Waals surface area contributed by atoms with E-state index in [-0.39, 0.29) is 6.42 Å². The zero-order valence-corrected chi connectivity index (χ0v) is 35.2. The Balaban J connectivity index is 3.33. The van der Waals surface area contributed by atoms with E-state index < -0.39 is 70.2 Å². The molecule has 9 heteroatoms. The number of benzene rings is 1. The number of hydrogen-bond acceptors (Lipinski definition) is 5. The number of carbonyl (C=O) groups is 3. The molecular weight excluding hydrogens is 713 g/mol. The molecule has 276 valence electrons. The molecule has 0 aliphatic heterocycles. The Hall–Kier alpha value is -1.97. The molecule has 1 unspecified atom stereocenters. The topological polar surface area (TPSA) is 122 Å². The predicted molar refractivity (Wildman–Crippen MR) is 199 cm³/mol. The number of nitrogens with one attached hydrogen (secondary N) is 1. The van der Waals surface area contributed by atoms with Gasteiger partial charge in [-0.2, -0.15) is 0 Å². The summed E-state index contributed by atoms with van der Waals surface area (Å²) in [5, 5.41) is 24.1. The van der Waals surface area contributed by atoms with E-state index >= 15 is 0 Å². The first kappa shape index (κ1) is 44.1. The van der Waals surface area contributed by atoms with Crippen LogP contribution in [-0.4, -0.2) is 64.4 Å². The summed E-state index contributed by atoms with van der Waals surface area (Å²) in [4.78, 5) is 39.4. The predicted octanol–water partition coefficient (Wildman–Crippen LogP) is 9.66. The SMILES string of the molecule is CCC[CH2][Sn]([CH2]CCC)([CH2]CCC)[c]1ccc(OCCC[C@H](C(=O)O)C(C(C)(C)C)[C@@](NC(=O)OC(C)(C)C)(C(=O)O)C(C)(C)C)cc1. The van der Waals surface area contributed by atoms with E-state index in [0.717, 1.165) is 5.75 Å². The van der Waals surface area contributed by atoms with Gasteiger partial charge in [0.2, 0.25) is 0 Å². The fourth-order valence-electron chi connectivity index (χ4n) is 7.44. The third-order valence-electron chi connectivity index (χ3n) is 9.76. The number of unbranched alkanes of at least 4 members (excludes halogenated alkanes) is 3. The van der Waals surface area contributed by atoms with Crippen LogP contribution in [0.1, 0.15) is 134 Å². The quantitative estimate of drug-likeness (QED) is 0.0890. The first-order chi connectivity index (χ1) is 22.1. The number of alkyl carbamates (subject to hydrolysis) is 1. The van der Waals surface area contributed by atoms with Gasteiger partial charge in [0.05, 0.1) is 0 Å². The van der Waals surface area contributed by atoms with Crippen molar-refractivity contribution in [2.24, 2.45) is 22.7 Å². The van der Waals surface area contributed by atoms with Gasteiger partial charge in [-0.15, -0.1) is 0 Å². The molecule has 1 aromatic carbocycles. The average Bonchev–Trinajstić information content (AvgIpc) is 2.95. The van der Waals surface area contributed by atoms with E-state index in [9.17, 15) is 24.6 Å². The molecule has 8 nitrogen and oxygen atoms in total. The van der Waals surface area contributed by atoms with Crippen LogP contribution in [0.5, 0.6) is 5.75 Å². The molecule has 0 heterocycles. The number of carbonyl (C=O) groups excluding carboxylic acids is 1. The standard InChI is InChI=1S/C27H42NO7.3C4H9.Sn/c1-24(2,3)20(19(21(29)30)16-13-17-34-18-14-11-10-12-15-18)27(22(31)32,25(4,5)6)28-23(33)35-26(7,8)9;3*1-3-4-2;/h11-12,14-15,19-20H,13,16-17H2,1-9H3,(H,28,33)(H,29,30)(H,31,32);3*1,3-4H2,2H3;/t19-,20?,27+;;;;/m0..../s1. The third-order valence-corrected chi connectivity index (χ3v) is 25.4. The van der Waals surface area contributed by atoms with Gasteiger partial charge in [0.1, 0.15) is 5.60 Å². The van der Waals surface area contributed by atoms with Gasteiger partial charge >= 0.3 is 231 Å². The van der Waals surface area contributed by atoms with Gasteiger partial charge in [0, 0.05) is 0 Å². The summed E-state index contributed by atoms with van der Waals surface area (Å²) in [7, 11) is 0. The fourth-order valence-corrected chi connectivity index (χ4v) is 23.4. The Morgan fingerprint density at radius 2 is 1.25 bits per heavy atom. The number of rotatable bonds is 20. The van der Waals surface area contributed by atoms with E-state index in [0.29, 0.717) is 13.0 Å². The van der Waals surface area contributed by atoms with Crippen molar-refractivity contribution in [3.63, 3.8) is 0 Å². The Kier molecular flexibility index (Phi) is 17.3. The van der Waals surface area contributed by atoms with Crippen LogP contribution in [0.25, 0.3) is 0 Å². The van der Waals surface area contributed by atoms with Gasteiger partial charge in [-0.3, -0.25) is 0 Å². The van der Waals surface area contributed by atoms with Gasteiger partial charge in [0.25, 0.3) is 0 Å². The van der Waals surface area contributed by atoms with Crippen molar-refractivity contribution in [1.29, 1.82) is 0 Å². The van der Waals surface area contributed by atoms with Crippen LogP contribution in [0, 0.1) is 22.7 Å². The van der Waals surface area contributed by atoms with E-state index in [2.05, 4.69) is 50.4 Å². The Morgan fingerprint density at radius 1 is 0.771 bits per heavy atom. The number of hydrogen-bond donors (Lipinski definition) is 3. The maximum absolute atomic E-state index is 13.3.